The second-order valence-electron chi connectivity index (χ2n) is 7.29. The molecule has 1 unspecified atom stereocenters. The maximum absolute atomic E-state index is 12.4. The van der Waals surface area contributed by atoms with Crippen LogP contribution in [-0.2, 0) is 23.1 Å². The van der Waals surface area contributed by atoms with Crippen molar-refractivity contribution in [1.29, 1.82) is 0 Å². The van der Waals surface area contributed by atoms with Gasteiger partial charge in [-0.1, -0.05) is 24.3 Å². The molecule has 0 saturated heterocycles. The Bertz CT molecular complexity index is 725. The van der Waals surface area contributed by atoms with Gasteiger partial charge in [-0.15, -0.1) is 0 Å². The SMILES string of the molecule is Cc1cc(C(=O)OC2CCc3ccccc3C2)nn1C(C)(C)C. The molecule has 23 heavy (non-hydrogen) atoms. The lowest BCUT2D eigenvalue weighted by Gasteiger charge is -2.24. The normalized spacial score (nSPS) is 17.7. The van der Waals surface area contributed by atoms with Crippen molar-refractivity contribution in [2.24, 2.45) is 0 Å². The molecular formula is C19H24N2O2. The smallest absolute Gasteiger partial charge is 0.359 e. The molecule has 4 nitrogen and oxygen atoms in total. The highest BCUT2D eigenvalue weighted by Gasteiger charge is 2.25. The summed E-state index contributed by atoms with van der Waals surface area (Å²) >= 11 is 0. The Balaban J connectivity index is 1.71. The van der Waals surface area contributed by atoms with Crippen LogP contribution in [0.5, 0.6) is 0 Å². The Morgan fingerprint density at radius 1 is 1.26 bits per heavy atom. The standard InChI is InChI=1S/C19H24N2O2/c1-13-11-17(20-21(13)19(2,3)4)18(22)23-16-10-9-14-7-5-6-8-15(14)12-16/h5-8,11,16H,9-10,12H2,1-4H3. The molecule has 1 aromatic carbocycles. The molecule has 1 aromatic heterocycles. The van der Waals surface area contributed by atoms with Gasteiger partial charge in [-0.2, -0.15) is 5.10 Å². The van der Waals surface area contributed by atoms with Crippen LogP contribution in [0.3, 0.4) is 0 Å². The van der Waals surface area contributed by atoms with Crippen LogP contribution >= 0.6 is 0 Å². The molecule has 0 fully saturated rings. The van der Waals surface area contributed by atoms with Crippen molar-refractivity contribution in [3.63, 3.8) is 0 Å². The maximum Gasteiger partial charge on any atom is 0.359 e. The van der Waals surface area contributed by atoms with Gasteiger partial charge < -0.3 is 4.74 Å². The molecule has 2 aromatic rings. The number of hydrogen-bond donors (Lipinski definition) is 0. The molecule has 0 spiro atoms. The lowest BCUT2D eigenvalue weighted by atomic mass is 9.90. The number of aryl methyl sites for hydroxylation is 2. The first kappa shape index (κ1) is 15.8. The summed E-state index contributed by atoms with van der Waals surface area (Å²) in [5.74, 6) is -0.319. The van der Waals surface area contributed by atoms with Crippen LogP contribution in [0, 0.1) is 6.92 Å². The zero-order chi connectivity index (χ0) is 16.6. The summed E-state index contributed by atoms with van der Waals surface area (Å²) in [7, 11) is 0. The molecule has 0 N–H and O–H groups in total. The van der Waals surface area contributed by atoms with Crippen LogP contribution in [0.15, 0.2) is 30.3 Å². The highest BCUT2D eigenvalue weighted by atomic mass is 16.5. The van der Waals surface area contributed by atoms with Crippen molar-refractivity contribution in [3.8, 4) is 0 Å². The van der Waals surface area contributed by atoms with E-state index >= 15 is 0 Å². The molecule has 1 atom stereocenters. The van der Waals surface area contributed by atoms with E-state index in [0.717, 1.165) is 25.0 Å². The van der Waals surface area contributed by atoms with Crippen LogP contribution in [0.25, 0.3) is 0 Å². The number of ether oxygens (including phenoxy) is 1. The summed E-state index contributed by atoms with van der Waals surface area (Å²) in [6.45, 7) is 8.17. The minimum absolute atomic E-state index is 0.0579. The lowest BCUT2D eigenvalue weighted by molar-refractivity contribution is 0.0262. The van der Waals surface area contributed by atoms with E-state index in [4.69, 9.17) is 4.74 Å². The van der Waals surface area contributed by atoms with Gasteiger partial charge in [0.1, 0.15) is 6.10 Å². The first-order valence-corrected chi connectivity index (χ1v) is 8.19. The number of fused-ring (bicyclic) bond motifs is 1. The summed E-state index contributed by atoms with van der Waals surface area (Å²) in [4.78, 5) is 12.4. The number of rotatable bonds is 2. The number of carbonyl (C=O) groups is 1. The summed E-state index contributed by atoms with van der Waals surface area (Å²) in [5, 5.41) is 4.43. The number of nitrogens with zero attached hydrogens (tertiary/aromatic N) is 2. The average molecular weight is 312 g/mol. The van der Waals surface area contributed by atoms with E-state index in [1.807, 2.05) is 23.7 Å². The lowest BCUT2D eigenvalue weighted by Crippen LogP contribution is -2.27. The predicted molar refractivity (Wildman–Crippen MR) is 89.6 cm³/mol. The van der Waals surface area contributed by atoms with E-state index in [0.29, 0.717) is 5.69 Å². The fourth-order valence-electron chi connectivity index (χ4n) is 3.23. The molecule has 3 rings (SSSR count). The molecule has 0 amide bonds. The Kier molecular flexibility index (Phi) is 4.00. The van der Waals surface area contributed by atoms with Gasteiger partial charge in [0.25, 0.3) is 0 Å². The van der Waals surface area contributed by atoms with Gasteiger partial charge in [0.15, 0.2) is 5.69 Å². The molecule has 0 radical (unpaired) electrons. The zero-order valence-corrected chi connectivity index (χ0v) is 14.3. The van der Waals surface area contributed by atoms with E-state index in [-0.39, 0.29) is 17.6 Å². The van der Waals surface area contributed by atoms with Crippen LogP contribution in [0.2, 0.25) is 0 Å². The molecule has 0 saturated carbocycles. The Morgan fingerprint density at radius 2 is 1.96 bits per heavy atom. The predicted octanol–water partition coefficient (Wildman–Crippen LogP) is 3.66. The molecular weight excluding hydrogens is 288 g/mol. The quantitative estimate of drug-likeness (QED) is 0.795. The number of carbonyl (C=O) groups excluding carboxylic acids is 1. The first-order valence-electron chi connectivity index (χ1n) is 8.19. The highest BCUT2D eigenvalue weighted by molar-refractivity contribution is 5.87. The van der Waals surface area contributed by atoms with Crippen LogP contribution in [0.4, 0.5) is 0 Å². The third kappa shape index (κ3) is 3.31. The van der Waals surface area contributed by atoms with Crippen LogP contribution < -0.4 is 0 Å². The largest absolute Gasteiger partial charge is 0.457 e. The first-order chi connectivity index (χ1) is 10.8. The summed E-state index contributed by atoms with van der Waals surface area (Å²) < 4.78 is 7.58. The van der Waals surface area contributed by atoms with E-state index in [2.05, 4.69) is 44.1 Å². The number of esters is 1. The van der Waals surface area contributed by atoms with Gasteiger partial charge in [-0.3, -0.25) is 4.68 Å². The fourth-order valence-corrected chi connectivity index (χ4v) is 3.23. The molecule has 0 bridgehead atoms. The van der Waals surface area contributed by atoms with Gasteiger partial charge in [0, 0.05) is 12.1 Å². The summed E-state index contributed by atoms with van der Waals surface area (Å²) in [6.07, 6.45) is 2.57. The third-order valence-corrected chi connectivity index (χ3v) is 4.31. The van der Waals surface area contributed by atoms with Gasteiger partial charge in [-0.25, -0.2) is 4.79 Å². The van der Waals surface area contributed by atoms with E-state index < -0.39 is 0 Å². The van der Waals surface area contributed by atoms with Crippen molar-refractivity contribution in [1.82, 2.24) is 9.78 Å². The highest BCUT2D eigenvalue weighted by Crippen LogP contribution is 2.24. The maximum atomic E-state index is 12.4. The second kappa shape index (κ2) is 5.84. The van der Waals surface area contributed by atoms with E-state index in [1.54, 1.807) is 0 Å². The van der Waals surface area contributed by atoms with Crippen molar-refractivity contribution < 1.29 is 9.53 Å². The Labute approximate surface area is 137 Å². The molecule has 1 aliphatic rings. The van der Waals surface area contributed by atoms with Gasteiger partial charge in [0.2, 0.25) is 0 Å². The summed E-state index contributed by atoms with van der Waals surface area (Å²) in [6, 6.07) is 10.2. The Hall–Kier alpha value is -2.10. The molecule has 122 valence electrons. The number of hydrogen-bond acceptors (Lipinski definition) is 3. The summed E-state index contributed by atoms with van der Waals surface area (Å²) in [5.41, 5.74) is 3.88. The minimum Gasteiger partial charge on any atom is -0.457 e. The van der Waals surface area contributed by atoms with Crippen LogP contribution in [0.1, 0.15) is 54.5 Å². The average Bonchev–Trinajstić information content (AvgIpc) is 2.89. The number of benzene rings is 1. The number of aromatic nitrogens is 2. The minimum atomic E-state index is -0.319. The fraction of sp³-hybridized carbons (Fsp3) is 0.474. The van der Waals surface area contributed by atoms with Gasteiger partial charge in [-0.05, 0) is 57.7 Å². The molecule has 0 aliphatic heterocycles. The van der Waals surface area contributed by atoms with Gasteiger partial charge in [0.05, 0.1) is 5.54 Å². The van der Waals surface area contributed by atoms with Crippen molar-refractivity contribution >= 4 is 5.97 Å². The van der Waals surface area contributed by atoms with Gasteiger partial charge >= 0.3 is 5.97 Å². The second-order valence-corrected chi connectivity index (χ2v) is 7.29. The van der Waals surface area contributed by atoms with Crippen molar-refractivity contribution in [2.75, 3.05) is 0 Å². The zero-order valence-electron chi connectivity index (χ0n) is 14.3. The van der Waals surface area contributed by atoms with E-state index in [1.165, 1.54) is 11.1 Å². The third-order valence-electron chi connectivity index (χ3n) is 4.31. The van der Waals surface area contributed by atoms with Crippen LogP contribution in [-0.4, -0.2) is 21.9 Å². The molecule has 4 heteroatoms. The Morgan fingerprint density at radius 3 is 2.61 bits per heavy atom. The van der Waals surface area contributed by atoms with Crippen molar-refractivity contribution in [2.45, 2.75) is 58.6 Å². The molecule has 1 heterocycles. The van der Waals surface area contributed by atoms with Crippen molar-refractivity contribution in [3.05, 3.63) is 52.8 Å². The topological polar surface area (TPSA) is 44.1 Å². The van der Waals surface area contributed by atoms with E-state index in [9.17, 15) is 4.79 Å². The molecule has 1 aliphatic carbocycles. The monoisotopic (exact) mass is 312 g/mol.